The highest BCUT2D eigenvalue weighted by Gasteiger charge is 2.39. The summed E-state index contributed by atoms with van der Waals surface area (Å²) in [5, 5.41) is 14.3. The average Bonchev–Trinajstić information content (AvgIpc) is 2.57. The molecule has 17 heavy (non-hydrogen) atoms. The third-order valence-corrected chi connectivity index (χ3v) is 3.00. The molecule has 2 heterocycles. The second kappa shape index (κ2) is 3.98. The van der Waals surface area contributed by atoms with Crippen LogP contribution in [0.4, 0.5) is 5.95 Å². The van der Waals surface area contributed by atoms with E-state index in [4.69, 9.17) is 0 Å². The van der Waals surface area contributed by atoms with Gasteiger partial charge in [-0.25, -0.2) is 4.68 Å². The Bertz CT molecular complexity index is 375. The minimum absolute atomic E-state index is 0.315. The molecular weight excluding hydrogens is 216 g/mol. The third kappa shape index (κ3) is 2.29. The van der Waals surface area contributed by atoms with Crippen molar-refractivity contribution in [2.45, 2.75) is 52.2 Å². The van der Waals surface area contributed by atoms with Gasteiger partial charge in [0.05, 0.1) is 18.7 Å². The lowest BCUT2D eigenvalue weighted by atomic mass is 9.98. The first-order valence-electron chi connectivity index (χ1n) is 6.24. The third-order valence-electron chi connectivity index (χ3n) is 3.00. The Kier molecular flexibility index (Phi) is 2.89. The SMILES string of the molecule is CC(C)c1nc(N2CC(C)(O)C2)nn1C(C)C. The van der Waals surface area contributed by atoms with Gasteiger partial charge in [0.2, 0.25) is 5.95 Å². The molecular formula is C12H22N4O. The molecule has 0 aromatic carbocycles. The van der Waals surface area contributed by atoms with Crippen LogP contribution in [0.2, 0.25) is 0 Å². The number of nitrogens with zero attached hydrogens (tertiary/aromatic N) is 4. The van der Waals surface area contributed by atoms with E-state index in [-0.39, 0.29) is 0 Å². The van der Waals surface area contributed by atoms with E-state index in [0.717, 1.165) is 11.8 Å². The highest BCUT2D eigenvalue weighted by Crippen LogP contribution is 2.27. The summed E-state index contributed by atoms with van der Waals surface area (Å²) in [6.45, 7) is 11.5. The van der Waals surface area contributed by atoms with Crippen molar-refractivity contribution in [1.82, 2.24) is 14.8 Å². The second-order valence-corrected chi connectivity index (χ2v) is 5.82. The molecule has 0 atom stereocenters. The maximum atomic E-state index is 9.74. The monoisotopic (exact) mass is 238 g/mol. The molecule has 0 spiro atoms. The molecule has 0 aliphatic carbocycles. The Balaban J connectivity index is 2.23. The van der Waals surface area contributed by atoms with Gasteiger partial charge >= 0.3 is 0 Å². The lowest BCUT2D eigenvalue weighted by Crippen LogP contribution is -2.60. The van der Waals surface area contributed by atoms with Crippen LogP contribution in [0.5, 0.6) is 0 Å². The molecule has 0 saturated carbocycles. The van der Waals surface area contributed by atoms with Gasteiger partial charge in [0.1, 0.15) is 5.82 Å². The van der Waals surface area contributed by atoms with Gasteiger partial charge in [-0.2, -0.15) is 4.98 Å². The van der Waals surface area contributed by atoms with Gasteiger partial charge in [0.15, 0.2) is 0 Å². The van der Waals surface area contributed by atoms with Gasteiger partial charge in [-0.1, -0.05) is 13.8 Å². The standard InChI is InChI=1S/C12H22N4O/c1-8(2)10-13-11(14-16(10)9(3)4)15-6-12(5,17)7-15/h8-9,17H,6-7H2,1-5H3. The number of hydrogen-bond acceptors (Lipinski definition) is 4. The Morgan fingerprint density at radius 2 is 1.82 bits per heavy atom. The normalized spacial score (nSPS) is 18.9. The summed E-state index contributed by atoms with van der Waals surface area (Å²) in [6, 6.07) is 0.315. The molecule has 1 aromatic heterocycles. The van der Waals surface area contributed by atoms with Crippen LogP contribution in [-0.2, 0) is 0 Å². The Hall–Kier alpha value is -1.10. The molecule has 1 aliphatic rings. The van der Waals surface area contributed by atoms with Crippen molar-refractivity contribution in [3.63, 3.8) is 0 Å². The van der Waals surface area contributed by atoms with Crippen molar-refractivity contribution >= 4 is 5.95 Å². The molecule has 1 saturated heterocycles. The molecule has 5 nitrogen and oxygen atoms in total. The number of rotatable bonds is 3. The summed E-state index contributed by atoms with van der Waals surface area (Å²) in [5.74, 6) is 2.12. The zero-order chi connectivity index (χ0) is 12.8. The van der Waals surface area contributed by atoms with Crippen LogP contribution in [0.15, 0.2) is 0 Å². The largest absolute Gasteiger partial charge is 0.386 e. The number of aromatic nitrogens is 3. The van der Waals surface area contributed by atoms with Crippen molar-refractivity contribution in [3.05, 3.63) is 5.82 Å². The van der Waals surface area contributed by atoms with Crippen LogP contribution in [0.1, 0.15) is 52.4 Å². The first kappa shape index (κ1) is 12.4. The lowest BCUT2D eigenvalue weighted by molar-refractivity contribution is 0.0299. The number of β-amino-alcohol motifs (C(OH)–C–C–N with tert-alkyl or cyclic N) is 1. The zero-order valence-corrected chi connectivity index (χ0v) is 11.3. The Morgan fingerprint density at radius 3 is 2.18 bits per heavy atom. The van der Waals surface area contributed by atoms with Crippen LogP contribution >= 0.6 is 0 Å². The van der Waals surface area contributed by atoms with E-state index in [1.54, 1.807) is 0 Å². The topological polar surface area (TPSA) is 54.2 Å². The quantitative estimate of drug-likeness (QED) is 0.868. The van der Waals surface area contributed by atoms with E-state index in [1.165, 1.54) is 0 Å². The predicted octanol–water partition coefficient (Wildman–Crippen LogP) is 1.55. The molecule has 1 aromatic rings. The zero-order valence-electron chi connectivity index (χ0n) is 11.3. The van der Waals surface area contributed by atoms with Gasteiger partial charge in [-0.05, 0) is 20.8 Å². The number of aliphatic hydroxyl groups is 1. The van der Waals surface area contributed by atoms with Gasteiger partial charge in [-0.15, -0.1) is 5.10 Å². The summed E-state index contributed by atoms with van der Waals surface area (Å²) in [6.07, 6.45) is 0. The second-order valence-electron chi connectivity index (χ2n) is 5.82. The smallest absolute Gasteiger partial charge is 0.245 e. The van der Waals surface area contributed by atoms with Crippen LogP contribution < -0.4 is 4.90 Å². The van der Waals surface area contributed by atoms with Gasteiger partial charge < -0.3 is 10.0 Å². The van der Waals surface area contributed by atoms with Crippen molar-refractivity contribution in [3.8, 4) is 0 Å². The molecule has 96 valence electrons. The fraction of sp³-hybridized carbons (Fsp3) is 0.833. The molecule has 0 amide bonds. The van der Waals surface area contributed by atoms with E-state index >= 15 is 0 Å². The predicted molar refractivity (Wildman–Crippen MR) is 67.3 cm³/mol. The van der Waals surface area contributed by atoms with Crippen LogP contribution in [0.25, 0.3) is 0 Å². The first-order chi connectivity index (χ1) is 7.80. The van der Waals surface area contributed by atoms with E-state index in [1.807, 2.05) is 16.5 Å². The van der Waals surface area contributed by atoms with Crippen molar-refractivity contribution < 1.29 is 5.11 Å². The average molecular weight is 238 g/mol. The highest BCUT2D eigenvalue weighted by atomic mass is 16.3. The summed E-state index contributed by atoms with van der Waals surface area (Å²) in [4.78, 5) is 6.60. The summed E-state index contributed by atoms with van der Waals surface area (Å²) in [7, 11) is 0. The molecule has 0 bridgehead atoms. The van der Waals surface area contributed by atoms with E-state index in [2.05, 4.69) is 37.8 Å². The molecule has 0 radical (unpaired) electrons. The maximum absolute atomic E-state index is 9.74. The van der Waals surface area contributed by atoms with E-state index < -0.39 is 5.60 Å². The van der Waals surface area contributed by atoms with Gasteiger partial charge in [-0.3, -0.25) is 0 Å². The Morgan fingerprint density at radius 1 is 1.24 bits per heavy atom. The molecule has 2 rings (SSSR count). The van der Waals surface area contributed by atoms with Gasteiger partial charge in [0.25, 0.3) is 0 Å². The summed E-state index contributed by atoms with van der Waals surface area (Å²) < 4.78 is 1.98. The lowest BCUT2D eigenvalue weighted by Gasteiger charge is -2.43. The summed E-state index contributed by atoms with van der Waals surface area (Å²) in [5.41, 5.74) is -0.582. The Labute approximate surface area is 102 Å². The molecule has 5 heteroatoms. The number of anilines is 1. The van der Waals surface area contributed by atoms with Gasteiger partial charge in [0, 0.05) is 12.0 Å². The van der Waals surface area contributed by atoms with E-state index in [9.17, 15) is 5.11 Å². The minimum Gasteiger partial charge on any atom is -0.386 e. The van der Waals surface area contributed by atoms with Crippen LogP contribution in [0, 0.1) is 0 Å². The van der Waals surface area contributed by atoms with E-state index in [0.29, 0.717) is 25.0 Å². The fourth-order valence-electron chi connectivity index (χ4n) is 2.15. The summed E-state index contributed by atoms with van der Waals surface area (Å²) >= 11 is 0. The maximum Gasteiger partial charge on any atom is 0.245 e. The van der Waals surface area contributed by atoms with Crippen molar-refractivity contribution in [2.24, 2.45) is 0 Å². The minimum atomic E-state index is -0.582. The molecule has 1 N–H and O–H groups in total. The molecule has 0 unspecified atom stereocenters. The van der Waals surface area contributed by atoms with Crippen molar-refractivity contribution in [2.75, 3.05) is 18.0 Å². The van der Waals surface area contributed by atoms with Crippen molar-refractivity contribution in [1.29, 1.82) is 0 Å². The van der Waals surface area contributed by atoms with Crippen LogP contribution in [-0.4, -0.2) is 38.6 Å². The van der Waals surface area contributed by atoms with Crippen LogP contribution in [0.3, 0.4) is 0 Å². The highest BCUT2D eigenvalue weighted by molar-refractivity contribution is 5.36. The number of hydrogen-bond donors (Lipinski definition) is 1. The first-order valence-corrected chi connectivity index (χ1v) is 6.24. The molecule has 1 aliphatic heterocycles. The fourth-order valence-corrected chi connectivity index (χ4v) is 2.15. The molecule has 1 fully saturated rings.